The Labute approximate surface area is 165 Å². The predicted octanol–water partition coefficient (Wildman–Crippen LogP) is 2.53. The second kappa shape index (κ2) is 8.85. The van der Waals surface area contributed by atoms with Gasteiger partial charge in [0.05, 0.1) is 23.0 Å². The van der Waals surface area contributed by atoms with Crippen LogP contribution in [0.25, 0.3) is 10.9 Å². The number of benzene rings is 1. The Balaban J connectivity index is 0.00000261. The summed E-state index contributed by atoms with van der Waals surface area (Å²) in [4.78, 5) is 31.4. The van der Waals surface area contributed by atoms with E-state index in [1.807, 2.05) is 36.9 Å². The zero-order chi connectivity index (χ0) is 18.7. The average Bonchev–Trinajstić information content (AvgIpc) is 2.64. The minimum Gasteiger partial charge on any atom is -0.388 e. The van der Waals surface area contributed by atoms with E-state index in [-0.39, 0.29) is 30.4 Å². The maximum absolute atomic E-state index is 12.9. The third kappa shape index (κ3) is 4.50. The van der Waals surface area contributed by atoms with Gasteiger partial charge in [-0.25, -0.2) is 4.98 Å². The molecule has 1 saturated heterocycles. The summed E-state index contributed by atoms with van der Waals surface area (Å²) >= 11 is 0. The molecule has 1 amide bonds. The normalized spacial score (nSPS) is 16.2. The zero-order valence-corrected chi connectivity index (χ0v) is 16.8. The van der Waals surface area contributed by atoms with Crippen LogP contribution in [0, 0.1) is 0 Å². The van der Waals surface area contributed by atoms with Crippen LogP contribution in [-0.4, -0.2) is 44.2 Å². The highest BCUT2D eigenvalue weighted by Crippen LogP contribution is 2.25. The second-order valence-electron chi connectivity index (χ2n) is 7.15. The van der Waals surface area contributed by atoms with E-state index in [1.54, 1.807) is 10.6 Å². The standard InChI is InChI=1S/C20H27N3O3.ClH/c1-3-7-18(24)22-12-10-20(26,11-13-22)14-23-17(4-2)21-16-9-6-5-8-15(16)19(23)25;/h5-6,8-9,26H,3-4,7,10-14H2,1-2H3;1H. The van der Waals surface area contributed by atoms with E-state index in [2.05, 4.69) is 4.98 Å². The number of hydrogen-bond donors (Lipinski definition) is 1. The molecule has 1 aromatic carbocycles. The van der Waals surface area contributed by atoms with Gasteiger partial charge in [-0.15, -0.1) is 12.4 Å². The molecule has 1 aromatic heterocycles. The third-order valence-electron chi connectivity index (χ3n) is 5.22. The van der Waals surface area contributed by atoms with Crippen molar-refractivity contribution in [3.8, 4) is 0 Å². The largest absolute Gasteiger partial charge is 0.388 e. The van der Waals surface area contributed by atoms with Gasteiger partial charge < -0.3 is 10.0 Å². The number of amides is 1. The first-order chi connectivity index (χ1) is 12.5. The van der Waals surface area contributed by atoms with E-state index in [1.165, 1.54) is 0 Å². The van der Waals surface area contributed by atoms with Crippen molar-refractivity contribution in [1.29, 1.82) is 0 Å². The number of aliphatic hydroxyl groups is 1. The molecule has 0 unspecified atom stereocenters. The molecule has 7 heteroatoms. The number of likely N-dealkylation sites (tertiary alicyclic amines) is 1. The van der Waals surface area contributed by atoms with Crippen molar-refractivity contribution in [3.05, 3.63) is 40.4 Å². The van der Waals surface area contributed by atoms with E-state index in [9.17, 15) is 14.7 Å². The smallest absolute Gasteiger partial charge is 0.261 e. The lowest BCUT2D eigenvalue weighted by molar-refractivity contribution is -0.135. The lowest BCUT2D eigenvalue weighted by atomic mass is 9.91. The topological polar surface area (TPSA) is 75.4 Å². The van der Waals surface area contributed by atoms with Gasteiger partial charge >= 0.3 is 0 Å². The Morgan fingerprint density at radius 1 is 1.22 bits per heavy atom. The highest BCUT2D eigenvalue weighted by molar-refractivity contribution is 5.85. The molecule has 3 rings (SSSR count). The molecular formula is C20H28ClN3O3. The Bertz CT molecular complexity index is 857. The number of para-hydroxylation sites is 1. The van der Waals surface area contributed by atoms with E-state index in [4.69, 9.17) is 0 Å². The zero-order valence-electron chi connectivity index (χ0n) is 16.0. The van der Waals surface area contributed by atoms with Gasteiger partial charge in [0.25, 0.3) is 5.56 Å². The van der Waals surface area contributed by atoms with Gasteiger partial charge in [-0.1, -0.05) is 26.0 Å². The van der Waals surface area contributed by atoms with Crippen LogP contribution in [0.4, 0.5) is 0 Å². The van der Waals surface area contributed by atoms with Crippen molar-refractivity contribution in [1.82, 2.24) is 14.5 Å². The van der Waals surface area contributed by atoms with E-state index in [0.717, 1.165) is 6.42 Å². The Morgan fingerprint density at radius 3 is 2.52 bits per heavy atom. The summed E-state index contributed by atoms with van der Waals surface area (Å²) in [7, 11) is 0. The lowest BCUT2D eigenvalue weighted by Gasteiger charge is -2.38. The summed E-state index contributed by atoms with van der Waals surface area (Å²) in [6, 6.07) is 7.31. The number of halogens is 1. The van der Waals surface area contributed by atoms with Crippen molar-refractivity contribution < 1.29 is 9.90 Å². The van der Waals surface area contributed by atoms with Crippen molar-refractivity contribution in [2.45, 2.75) is 58.1 Å². The molecule has 0 saturated carbocycles. The summed E-state index contributed by atoms with van der Waals surface area (Å²) in [5.41, 5.74) is -0.399. The number of fused-ring (bicyclic) bond motifs is 1. The molecule has 0 radical (unpaired) electrons. The summed E-state index contributed by atoms with van der Waals surface area (Å²) in [5, 5.41) is 11.6. The van der Waals surface area contributed by atoms with Gasteiger partial charge in [-0.05, 0) is 31.4 Å². The summed E-state index contributed by atoms with van der Waals surface area (Å²) < 4.78 is 1.62. The molecule has 1 fully saturated rings. The number of aromatic nitrogens is 2. The number of carbonyl (C=O) groups is 1. The fourth-order valence-corrected chi connectivity index (χ4v) is 3.64. The third-order valence-corrected chi connectivity index (χ3v) is 5.22. The maximum atomic E-state index is 12.9. The molecular weight excluding hydrogens is 366 g/mol. The number of aryl methyl sites for hydroxylation is 1. The Kier molecular flexibility index (Phi) is 7.00. The van der Waals surface area contributed by atoms with Crippen molar-refractivity contribution >= 4 is 29.2 Å². The molecule has 1 aliphatic rings. The summed E-state index contributed by atoms with van der Waals surface area (Å²) in [5.74, 6) is 0.833. The second-order valence-corrected chi connectivity index (χ2v) is 7.15. The molecule has 0 spiro atoms. The van der Waals surface area contributed by atoms with Crippen LogP contribution >= 0.6 is 12.4 Å². The monoisotopic (exact) mass is 393 g/mol. The first kappa shape index (κ1) is 21.4. The number of carbonyl (C=O) groups excluding carboxylic acids is 1. The highest BCUT2D eigenvalue weighted by Gasteiger charge is 2.35. The number of piperidine rings is 1. The highest BCUT2D eigenvalue weighted by atomic mass is 35.5. The molecule has 1 N–H and O–H groups in total. The Morgan fingerprint density at radius 2 is 1.89 bits per heavy atom. The van der Waals surface area contributed by atoms with E-state index < -0.39 is 5.60 Å². The average molecular weight is 394 g/mol. The fraction of sp³-hybridized carbons (Fsp3) is 0.550. The van der Waals surface area contributed by atoms with E-state index in [0.29, 0.717) is 55.5 Å². The quantitative estimate of drug-likeness (QED) is 0.846. The molecule has 27 heavy (non-hydrogen) atoms. The molecule has 1 aliphatic heterocycles. The number of nitrogens with zero attached hydrogens (tertiary/aromatic N) is 3. The SMILES string of the molecule is CCCC(=O)N1CCC(O)(Cn2c(CC)nc3ccccc3c2=O)CC1.Cl. The van der Waals surface area contributed by atoms with Crippen LogP contribution in [0.15, 0.2) is 29.1 Å². The summed E-state index contributed by atoms with van der Waals surface area (Å²) in [6.07, 6.45) is 2.96. The number of rotatable bonds is 5. The molecule has 0 bridgehead atoms. The minimum atomic E-state index is -0.985. The Hall–Kier alpha value is -1.92. The first-order valence-corrected chi connectivity index (χ1v) is 9.46. The molecule has 148 valence electrons. The summed E-state index contributed by atoms with van der Waals surface area (Å²) in [6.45, 7) is 5.24. The van der Waals surface area contributed by atoms with Gasteiger partial charge in [-0.3, -0.25) is 14.2 Å². The van der Waals surface area contributed by atoms with Crippen LogP contribution in [-0.2, 0) is 17.8 Å². The molecule has 0 atom stereocenters. The fourth-order valence-electron chi connectivity index (χ4n) is 3.64. The van der Waals surface area contributed by atoms with Gasteiger partial charge in [0.1, 0.15) is 5.82 Å². The molecule has 2 heterocycles. The van der Waals surface area contributed by atoms with Crippen molar-refractivity contribution in [2.75, 3.05) is 13.1 Å². The van der Waals surface area contributed by atoms with Crippen LogP contribution in [0.5, 0.6) is 0 Å². The lowest BCUT2D eigenvalue weighted by Crippen LogP contribution is -2.50. The van der Waals surface area contributed by atoms with E-state index >= 15 is 0 Å². The van der Waals surface area contributed by atoms with Gasteiger partial charge in [0, 0.05) is 25.9 Å². The van der Waals surface area contributed by atoms with Gasteiger partial charge in [0.15, 0.2) is 0 Å². The van der Waals surface area contributed by atoms with Crippen LogP contribution < -0.4 is 5.56 Å². The van der Waals surface area contributed by atoms with Crippen LogP contribution in [0.1, 0.15) is 45.4 Å². The van der Waals surface area contributed by atoms with Crippen molar-refractivity contribution in [2.24, 2.45) is 0 Å². The first-order valence-electron chi connectivity index (χ1n) is 9.46. The van der Waals surface area contributed by atoms with Crippen LogP contribution in [0.3, 0.4) is 0 Å². The van der Waals surface area contributed by atoms with Crippen LogP contribution in [0.2, 0.25) is 0 Å². The molecule has 6 nitrogen and oxygen atoms in total. The van der Waals surface area contributed by atoms with Gasteiger partial charge in [0.2, 0.25) is 5.91 Å². The predicted molar refractivity (Wildman–Crippen MR) is 108 cm³/mol. The number of hydrogen-bond acceptors (Lipinski definition) is 4. The van der Waals surface area contributed by atoms with Crippen molar-refractivity contribution in [3.63, 3.8) is 0 Å². The molecule has 2 aromatic rings. The minimum absolute atomic E-state index is 0. The van der Waals surface area contributed by atoms with Gasteiger partial charge in [-0.2, -0.15) is 0 Å². The maximum Gasteiger partial charge on any atom is 0.261 e. The molecule has 0 aliphatic carbocycles.